The van der Waals surface area contributed by atoms with E-state index in [0.717, 1.165) is 52.1 Å². The fourth-order valence-corrected chi connectivity index (χ4v) is 5.02. The van der Waals surface area contributed by atoms with Crippen molar-refractivity contribution in [1.82, 2.24) is 15.0 Å². The number of carbonyl (C=O) groups is 1. The quantitative estimate of drug-likeness (QED) is 0.461. The van der Waals surface area contributed by atoms with Crippen molar-refractivity contribution < 1.29 is 14.3 Å². The van der Waals surface area contributed by atoms with Crippen LogP contribution in [0.2, 0.25) is 0 Å². The first-order valence-electron chi connectivity index (χ1n) is 11.4. The summed E-state index contributed by atoms with van der Waals surface area (Å²) >= 11 is 0. The zero-order chi connectivity index (χ0) is 23.1. The molecular formula is C26H25N5O3. The maximum Gasteiger partial charge on any atom is 0.162 e. The van der Waals surface area contributed by atoms with Gasteiger partial charge in [-0.25, -0.2) is 9.97 Å². The second-order valence-corrected chi connectivity index (χ2v) is 8.58. The Kier molecular flexibility index (Phi) is 5.15. The van der Waals surface area contributed by atoms with Gasteiger partial charge in [-0.3, -0.25) is 0 Å². The van der Waals surface area contributed by atoms with Crippen LogP contribution >= 0.6 is 0 Å². The monoisotopic (exact) mass is 455 g/mol. The lowest BCUT2D eigenvalue weighted by atomic mass is 10.0. The molecule has 1 fully saturated rings. The Morgan fingerprint density at radius 1 is 1.24 bits per heavy atom. The molecule has 4 aromatic rings. The Morgan fingerprint density at radius 2 is 2.15 bits per heavy atom. The average molecular weight is 456 g/mol. The Balaban J connectivity index is 1.47. The minimum atomic E-state index is -0.486. The summed E-state index contributed by atoms with van der Waals surface area (Å²) in [6.07, 6.45) is 4.76. The topological polar surface area (TPSA) is 83.6 Å². The van der Waals surface area contributed by atoms with Crippen molar-refractivity contribution in [3.63, 3.8) is 0 Å². The number of H-pyrrole nitrogens is 1. The fourth-order valence-electron chi connectivity index (χ4n) is 5.02. The van der Waals surface area contributed by atoms with Crippen LogP contribution in [0.5, 0.6) is 5.75 Å². The van der Waals surface area contributed by atoms with Crippen LogP contribution in [-0.4, -0.2) is 60.7 Å². The molecular weight excluding hydrogens is 430 g/mol. The van der Waals surface area contributed by atoms with Crippen LogP contribution in [0.1, 0.15) is 11.6 Å². The SMILES string of the molecule is COc1cccc(C(C=O)N2CC3COCCN3c3nc(-c4cccc5[nH]ccc45)ncc32)c1. The molecule has 8 nitrogen and oxygen atoms in total. The number of aromatic nitrogens is 3. The second-order valence-electron chi connectivity index (χ2n) is 8.58. The van der Waals surface area contributed by atoms with Gasteiger partial charge in [0.25, 0.3) is 0 Å². The van der Waals surface area contributed by atoms with E-state index in [0.29, 0.717) is 25.6 Å². The lowest BCUT2D eigenvalue weighted by molar-refractivity contribution is -0.109. The lowest BCUT2D eigenvalue weighted by Crippen LogP contribution is -2.56. The van der Waals surface area contributed by atoms with Crippen LogP contribution in [0.4, 0.5) is 11.5 Å². The van der Waals surface area contributed by atoms with E-state index in [9.17, 15) is 4.79 Å². The van der Waals surface area contributed by atoms with E-state index in [1.165, 1.54) is 0 Å². The molecule has 0 spiro atoms. The first-order chi connectivity index (χ1) is 16.8. The third-order valence-electron chi connectivity index (χ3n) is 6.70. The zero-order valence-electron chi connectivity index (χ0n) is 18.8. The van der Waals surface area contributed by atoms with E-state index >= 15 is 0 Å². The van der Waals surface area contributed by atoms with Crippen LogP contribution in [0, 0.1) is 0 Å². The molecule has 2 aliphatic heterocycles. The Labute approximate surface area is 197 Å². The third-order valence-corrected chi connectivity index (χ3v) is 6.70. The summed E-state index contributed by atoms with van der Waals surface area (Å²) in [4.78, 5) is 29.9. The van der Waals surface area contributed by atoms with Gasteiger partial charge in [0.05, 0.1) is 38.2 Å². The molecule has 0 saturated carbocycles. The minimum Gasteiger partial charge on any atom is -0.497 e. The van der Waals surface area contributed by atoms with Gasteiger partial charge < -0.3 is 29.1 Å². The van der Waals surface area contributed by atoms with Crippen molar-refractivity contribution in [2.75, 3.05) is 43.2 Å². The zero-order valence-corrected chi connectivity index (χ0v) is 18.8. The molecule has 2 aromatic heterocycles. The van der Waals surface area contributed by atoms with E-state index in [1.54, 1.807) is 7.11 Å². The summed E-state index contributed by atoms with van der Waals surface area (Å²) in [5, 5.41) is 1.08. The van der Waals surface area contributed by atoms with Gasteiger partial charge in [0, 0.05) is 35.8 Å². The number of carbonyl (C=O) groups excluding carboxylic acids is 1. The van der Waals surface area contributed by atoms with Gasteiger partial charge >= 0.3 is 0 Å². The third kappa shape index (κ3) is 3.38. The summed E-state index contributed by atoms with van der Waals surface area (Å²) < 4.78 is 11.2. The number of morpholine rings is 1. The van der Waals surface area contributed by atoms with E-state index in [-0.39, 0.29) is 6.04 Å². The molecule has 0 bridgehead atoms. The van der Waals surface area contributed by atoms with Crippen molar-refractivity contribution in [2.45, 2.75) is 12.1 Å². The molecule has 2 aromatic carbocycles. The number of nitrogens with one attached hydrogen (secondary N) is 1. The normalized spacial score (nSPS) is 18.3. The standard InChI is InChI=1S/C26H25N5O3/c1-33-19-5-2-4-17(12-19)24(15-32)31-14-18-16-34-11-10-30(18)26-23(31)13-28-25(29-26)21-6-3-7-22-20(21)8-9-27-22/h2-9,12-13,15,18,24,27H,10-11,14,16H2,1H3. The number of hydrogen-bond acceptors (Lipinski definition) is 7. The van der Waals surface area contributed by atoms with Gasteiger partial charge in [0.2, 0.25) is 0 Å². The number of methoxy groups -OCH3 is 1. The molecule has 1 saturated heterocycles. The molecule has 0 aliphatic carbocycles. The van der Waals surface area contributed by atoms with Crippen LogP contribution in [0.25, 0.3) is 22.3 Å². The van der Waals surface area contributed by atoms with Crippen molar-refractivity contribution >= 4 is 28.7 Å². The maximum atomic E-state index is 12.4. The van der Waals surface area contributed by atoms with Crippen LogP contribution in [-0.2, 0) is 9.53 Å². The molecule has 2 aliphatic rings. The molecule has 4 heterocycles. The van der Waals surface area contributed by atoms with E-state index in [4.69, 9.17) is 19.4 Å². The van der Waals surface area contributed by atoms with Crippen molar-refractivity contribution in [3.8, 4) is 17.1 Å². The molecule has 2 unspecified atom stereocenters. The number of benzene rings is 2. The highest BCUT2D eigenvalue weighted by Gasteiger charge is 2.38. The van der Waals surface area contributed by atoms with Crippen LogP contribution < -0.4 is 14.5 Å². The number of aromatic amines is 1. The first-order valence-corrected chi connectivity index (χ1v) is 11.4. The number of anilines is 2. The fraction of sp³-hybridized carbons (Fsp3) is 0.269. The number of aldehydes is 1. The molecule has 172 valence electrons. The van der Waals surface area contributed by atoms with Crippen LogP contribution in [0.15, 0.2) is 60.9 Å². The van der Waals surface area contributed by atoms with Gasteiger partial charge in [-0.1, -0.05) is 24.3 Å². The first kappa shape index (κ1) is 20.7. The van der Waals surface area contributed by atoms with Gasteiger partial charge in [-0.2, -0.15) is 0 Å². The molecule has 34 heavy (non-hydrogen) atoms. The summed E-state index contributed by atoms with van der Waals surface area (Å²) in [6.45, 7) is 2.63. The molecule has 0 amide bonds. The highest BCUT2D eigenvalue weighted by Crippen LogP contribution is 2.40. The predicted octanol–water partition coefficient (Wildman–Crippen LogP) is 3.60. The average Bonchev–Trinajstić information content (AvgIpc) is 3.38. The van der Waals surface area contributed by atoms with Crippen molar-refractivity contribution in [1.29, 1.82) is 0 Å². The van der Waals surface area contributed by atoms with Crippen molar-refractivity contribution in [2.24, 2.45) is 0 Å². The Bertz CT molecular complexity index is 1350. The maximum absolute atomic E-state index is 12.4. The highest BCUT2D eigenvalue weighted by molar-refractivity contribution is 5.94. The molecule has 0 radical (unpaired) electrons. The number of fused-ring (bicyclic) bond motifs is 4. The number of rotatable bonds is 5. The summed E-state index contributed by atoms with van der Waals surface area (Å²) in [6, 6.07) is 15.4. The van der Waals surface area contributed by atoms with Crippen molar-refractivity contribution in [3.05, 3.63) is 66.5 Å². The highest BCUT2D eigenvalue weighted by atomic mass is 16.5. The molecule has 8 heteroatoms. The molecule has 2 atom stereocenters. The van der Waals surface area contributed by atoms with Crippen LogP contribution in [0.3, 0.4) is 0 Å². The second kappa shape index (κ2) is 8.46. The van der Waals surface area contributed by atoms with E-state index in [2.05, 4.69) is 14.8 Å². The summed E-state index contributed by atoms with van der Waals surface area (Å²) in [5.74, 6) is 2.22. The number of nitrogens with zero attached hydrogens (tertiary/aromatic N) is 4. The Hall–Kier alpha value is -3.91. The molecule has 6 rings (SSSR count). The Morgan fingerprint density at radius 3 is 3.03 bits per heavy atom. The van der Waals surface area contributed by atoms with Gasteiger partial charge in [-0.15, -0.1) is 0 Å². The molecule has 1 N–H and O–H groups in total. The summed E-state index contributed by atoms with van der Waals surface area (Å²) in [5.41, 5.74) is 3.74. The smallest absolute Gasteiger partial charge is 0.162 e. The van der Waals surface area contributed by atoms with Gasteiger partial charge in [0.15, 0.2) is 11.6 Å². The minimum absolute atomic E-state index is 0.0973. The van der Waals surface area contributed by atoms with Gasteiger partial charge in [0.1, 0.15) is 18.1 Å². The summed E-state index contributed by atoms with van der Waals surface area (Å²) in [7, 11) is 1.63. The predicted molar refractivity (Wildman–Crippen MR) is 130 cm³/mol. The number of ether oxygens (including phenoxy) is 2. The largest absolute Gasteiger partial charge is 0.497 e. The van der Waals surface area contributed by atoms with E-state index in [1.807, 2.05) is 60.9 Å². The van der Waals surface area contributed by atoms with Gasteiger partial charge in [-0.05, 0) is 29.8 Å². The van der Waals surface area contributed by atoms with E-state index < -0.39 is 6.04 Å². The lowest BCUT2D eigenvalue weighted by Gasteiger charge is -2.47. The number of hydrogen-bond donors (Lipinski definition) is 1.